The third-order valence-corrected chi connectivity index (χ3v) is 5.55. The summed E-state index contributed by atoms with van der Waals surface area (Å²) in [7, 11) is 5.74. The van der Waals surface area contributed by atoms with Crippen molar-refractivity contribution in [1.29, 1.82) is 0 Å². The predicted molar refractivity (Wildman–Crippen MR) is 144 cm³/mol. The number of aromatic nitrogens is 5. The van der Waals surface area contributed by atoms with E-state index in [1.807, 2.05) is 12.1 Å². The average molecular weight is 558 g/mol. The van der Waals surface area contributed by atoms with Gasteiger partial charge in [0, 0.05) is 11.6 Å². The Morgan fingerprint density at radius 2 is 1.07 bits per heavy atom. The van der Waals surface area contributed by atoms with E-state index >= 15 is 0 Å². The molecule has 0 atom stereocenters. The minimum atomic E-state index is -0.821. The van der Waals surface area contributed by atoms with Gasteiger partial charge in [-0.3, -0.25) is 4.98 Å². The predicted octanol–water partition coefficient (Wildman–Crippen LogP) is 4.65. The van der Waals surface area contributed by atoms with Gasteiger partial charge in [-0.05, 0) is 24.3 Å². The first-order chi connectivity index (χ1) is 20.0. The van der Waals surface area contributed by atoms with Crippen LogP contribution in [0.25, 0.3) is 10.9 Å². The van der Waals surface area contributed by atoms with Gasteiger partial charge in [0.15, 0.2) is 5.75 Å². The Morgan fingerprint density at radius 1 is 0.610 bits per heavy atom. The summed E-state index contributed by atoms with van der Waals surface area (Å²) in [5.74, 6) is 0.149. The number of hydrogen-bond acceptors (Lipinski definition) is 13. The van der Waals surface area contributed by atoms with Crippen LogP contribution in [0.1, 0.15) is 10.4 Å². The number of carbonyl (C=O) groups excluding carboxylic acids is 1. The van der Waals surface area contributed by atoms with Crippen LogP contribution in [0.4, 0.5) is 0 Å². The molecule has 0 radical (unpaired) electrons. The molecule has 41 heavy (non-hydrogen) atoms. The van der Waals surface area contributed by atoms with E-state index in [-0.39, 0.29) is 58.4 Å². The van der Waals surface area contributed by atoms with E-state index in [1.54, 1.807) is 30.5 Å². The van der Waals surface area contributed by atoms with Gasteiger partial charge in [-0.15, -0.1) is 0 Å². The average Bonchev–Trinajstić information content (AvgIpc) is 3.00. The van der Waals surface area contributed by atoms with Crippen LogP contribution in [0.5, 0.6) is 52.8 Å². The van der Waals surface area contributed by atoms with E-state index in [4.69, 9.17) is 33.2 Å². The Labute approximate surface area is 233 Å². The number of fused-ring (bicyclic) bond motifs is 1. The Morgan fingerprint density at radius 3 is 1.59 bits per heavy atom. The van der Waals surface area contributed by atoms with Gasteiger partial charge in [-0.2, -0.15) is 19.9 Å². The molecule has 3 aromatic heterocycles. The van der Waals surface area contributed by atoms with Gasteiger partial charge in [-0.25, -0.2) is 4.79 Å². The fraction of sp³-hybridized carbons (Fsp3) is 0.143. The van der Waals surface area contributed by atoms with E-state index in [0.29, 0.717) is 5.52 Å². The number of ether oxygens (including phenoxy) is 7. The first-order valence-corrected chi connectivity index (χ1v) is 12.0. The maximum Gasteiger partial charge on any atom is 0.351 e. The van der Waals surface area contributed by atoms with Crippen molar-refractivity contribution in [2.75, 3.05) is 28.4 Å². The normalized spacial score (nSPS) is 10.5. The lowest BCUT2D eigenvalue weighted by molar-refractivity contribution is 0.0731. The lowest BCUT2D eigenvalue weighted by Crippen LogP contribution is -2.13. The molecule has 0 bridgehead atoms. The molecule has 0 N–H and O–H groups in total. The van der Waals surface area contributed by atoms with Gasteiger partial charge in [-0.1, -0.05) is 24.3 Å². The molecule has 5 rings (SSSR count). The highest BCUT2D eigenvalue weighted by Crippen LogP contribution is 2.36. The first-order valence-electron chi connectivity index (χ1n) is 12.0. The van der Waals surface area contributed by atoms with Crippen molar-refractivity contribution in [1.82, 2.24) is 24.9 Å². The molecule has 0 saturated heterocycles. The molecule has 0 aliphatic rings. The summed E-state index contributed by atoms with van der Waals surface area (Å²) in [5.41, 5.74) is 0.377. The van der Waals surface area contributed by atoms with Crippen LogP contribution in [0, 0.1) is 0 Å². The molecular weight excluding hydrogens is 534 g/mol. The molecular formula is C28H23N5O8. The monoisotopic (exact) mass is 557 g/mol. The lowest BCUT2D eigenvalue weighted by atomic mass is 10.1. The third kappa shape index (κ3) is 5.98. The van der Waals surface area contributed by atoms with E-state index < -0.39 is 5.97 Å². The Bertz CT molecular complexity index is 1590. The van der Waals surface area contributed by atoms with Crippen molar-refractivity contribution >= 4 is 16.9 Å². The summed E-state index contributed by atoms with van der Waals surface area (Å²) in [6.07, 6.45) is 1.60. The number of nitrogens with zero attached hydrogens (tertiary/aromatic N) is 5. The largest absolute Gasteiger partial charge is 0.481 e. The van der Waals surface area contributed by atoms with Crippen LogP contribution in [-0.2, 0) is 0 Å². The molecule has 0 aliphatic carbocycles. The second kappa shape index (κ2) is 12.0. The van der Waals surface area contributed by atoms with Crippen LogP contribution in [0.3, 0.4) is 0 Å². The number of rotatable bonds is 10. The van der Waals surface area contributed by atoms with Crippen molar-refractivity contribution in [2.24, 2.45) is 0 Å². The zero-order valence-electron chi connectivity index (χ0n) is 22.4. The summed E-state index contributed by atoms with van der Waals surface area (Å²) in [5, 5.41) is 0.785. The molecule has 0 fully saturated rings. The van der Waals surface area contributed by atoms with Crippen LogP contribution in [-0.4, -0.2) is 59.3 Å². The summed E-state index contributed by atoms with van der Waals surface area (Å²) in [6.45, 7) is 0. The van der Waals surface area contributed by atoms with Gasteiger partial charge in [0.1, 0.15) is 22.6 Å². The highest BCUT2D eigenvalue weighted by molar-refractivity contribution is 5.99. The maximum atomic E-state index is 13.8. The fourth-order valence-corrected chi connectivity index (χ4v) is 3.67. The van der Waals surface area contributed by atoms with Crippen LogP contribution < -0.4 is 33.2 Å². The molecule has 13 heteroatoms. The van der Waals surface area contributed by atoms with Gasteiger partial charge in [0.2, 0.25) is 23.5 Å². The SMILES string of the molecule is COc1cc(OC)nc(Oc2cccc(Oc3nc(OC)cc(OC)n3)c2C(=O)Oc2cccc3cccnc23)n1. The first kappa shape index (κ1) is 26.9. The van der Waals surface area contributed by atoms with Crippen LogP contribution in [0.15, 0.2) is 66.9 Å². The third-order valence-electron chi connectivity index (χ3n) is 5.55. The van der Waals surface area contributed by atoms with Crippen molar-refractivity contribution in [3.05, 3.63) is 72.4 Å². The minimum Gasteiger partial charge on any atom is -0.481 e. The van der Waals surface area contributed by atoms with Gasteiger partial charge in [0.05, 0.1) is 40.6 Å². The second-order valence-electron chi connectivity index (χ2n) is 8.02. The fourth-order valence-electron chi connectivity index (χ4n) is 3.67. The van der Waals surface area contributed by atoms with Crippen molar-refractivity contribution < 1.29 is 38.0 Å². The molecule has 208 valence electrons. The summed E-state index contributed by atoms with van der Waals surface area (Å²) >= 11 is 0. The number of methoxy groups -OCH3 is 4. The molecule has 0 saturated carbocycles. The van der Waals surface area contributed by atoms with E-state index in [2.05, 4.69) is 24.9 Å². The Kier molecular flexibility index (Phi) is 7.86. The number of para-hydroxylation sites is 1. The van der Waals surface area contributed by atoms with Crippen molar-refractivity contribution in [2.45, 2.75) is 0 Å². The second-order valence-corrected chi connectivity index (χ2v) is 8.02. The number of pyridine rings is 1. The Hall–Kier alpha value is -5.72. The zero-order valence-corrected chi connectivity index (χ0v) is 22.4. The highest BCUT2D eigenvalue weighted by atomic mass is 16.6. The number of benzene rings is 2. The molecule has 2 aromatic carbocycles. The topological polar surface area (TPSA) is 146 Å². The van der Waals surface area contributed by atoms with Crippen molar-refractivity contribution in [3.8, 4) is 52.8 Å². The molecule has 3 heterocycles. The number of hydrogen-bond donors (Lipinski definition) is 0. The molecule has 0 unspecified atom stereocenters. The summed E-state index contributed by atoms with van der Waals surface area (Å²) < 4.78 is 38.5. The van der Waals surface area contributed by atoms with Gasteiger partial charge >= 0.3 is 18.0 Å². The van der Waals surface area contributed by atoms with Crippen molar-refractivity contribution in [3.63, 3.8) is 0 Å². The minimum absolute atomic E-state index is 0.00543. The highest BCUT2D eigenvalue weighted by Gasteiger charge is 2.25. The number of esters is 1. The van der Waals surface area contributed by atoms with Crippen LogP contribution in [0.2, 0.25) is 0 Å². The van der Waals surface area contributed by atoms with E-state index in [0.717, 1.165) is 5.39 Å². The number of carbonyl (C=O) groups is 1. The zero-order chi connectivity index (χ0) is 28.8. The molecule has 0 spiro atoms. The standard InChI is InChI=1S/C28H23N5O8/c1-35-20-14-21(36-2)31-27(30-20)40-17-10-6-11-18(41-28-32-22(37-3)15-23(33-28)38-4)24(17)26(34)39-19-12-5-8-16-9-7-13-29-25(16)19/h5-15H,1-4H3. The summed E-state index contributed by atoms with van der Waals surface area (Å²) in [6, 6.07) is 16.1. The molecule has 0 aliphatic heterocycles. The lowest BCUT2D eigenvalue weighted by Gasteiger charge is -2.15. The van der Waals surface area contributed by atoms with Gasteiger partial charge in [0.25, 0.3) is 0 Å². The summed E-state index contributed by atoms with van der Waals surface area (Å²) in [4.78, 5) is 34.9. The smallest absolute Gasteiger partial charge is 0.351 e. The molecule has 5 aromatic rings. The Balaban J connectivity index is 1.59. The van der Waals surface area contributed by atoms with Crippen LogP contribution >= 0.6 is 0 Å². The van der Waals surface area contributed by atoms with E-state index in [9.17, 15) is 4.79 Å². The maximum absolute atomic E-state index is 13.8. The quantitative estimate of drug-likeness (QED) is 0.173. The molecule has 13 nitrogen and oxygen atoms in total. The van der Waals surface area contributed by atoms with Gasteiger partial charge < -0.3 is 33.2 Å². The molecule has 0 amide bonds. The van der Waals surface area contributed by atoms with E-state index in [1.165, 1.54) is 52.7 Å².